The molecule has 6 nitrogen and oxygen atoms in total. The Morgan fingerprint density at radius 2 is 1.95 bits per heavy atom. The molecular weight excluding hydrogens is 270 g/mol. The molecule has 1 aromatic heterocycles. The molecule has 0 aromatic carbocycles. The Kier molecular flexibility index (Phi) is 5.54. The molecule has 0 bridgehead atoms. The molecule has 0 saturated heterocycles. The van der Waals surface area contributed by atoms with Crippen LogP contribution in [-0.2, 0) is 6.54 Å². The van der Waals surface area contributed by atoms with E-state index in [1.807, 2.05) is 0 Å². The van der Waals surface area contributed by atoms with Crippen LogP contribution in [0.4, 0.5) is 4.79 Å². The van der Waals surface area contributed by atoms with Crippen molar-refractivity contribution in [2.75, 3.05) is 0 Å². The highest BCUT2D eigenvalue weighted by atomic mass is 16.4. The van der Waals surface area contributed by atoms with E-state index in [1.54, 1.807) is 0 Å². The fourth-order valence-electron chi connectivity index (χ4n) is 2.54. The molecule has 1 aliphatic rings. The Bertz CT molecular complexity index is 497. The number of carbonyl (C=O) groups excluding carboxylic acids is 1. The first-order chi connectivity index (χ1) is 10.1. The van der Waals surface area contributed by atoms with Crippen LogP contribution in [0.5, 0.6) is 0 Å². The molecule has 1 aromatic rings. The van der Waals surface area contributed by atoms with Crippen LogP contribution < -0.4 is 10.6 Å². The summed E-state index contributed by atoms with van der Waals surface area (Å²) in [7, 11) is 0. The molecule has 0 radical (unpaired) electrons. The van der Waals surface area contributed by atoms with Crippen molar-refractivity contribution >= 4 is 12.0 Å². The highest BCUT2D eigenvalue weighted by molar-refractivity contribution is 5.87. The zero-order chi connectivity index (χ0) is 15.1. The first-order valence-electron chi connectivity index (χ1n) is 7.38. The number of aromatic carboxylic acids is 1. The molecular formula is C15H21N3O3. The van der Waals surface area contributed by atoms with E-state index in [-0.39, 0.29) is 24.2 Å². The molecule has 2 rings (SSSR count). The lowest BCUT2D eigenvalue weighted by atomic mass is 10.1. The van der Waals surface area contributed by atoms with E-state index in [0.29, 0.717) is 5.69 Å². The third-order valence-electron chi connectivity index (χ3n) is 3.68. The summed E-state index contributed by atoms with van der Waals surface area (Å²) in [5.74, 6) is -0.999. The second-order valence-corrected chi connectivity index (χ2v) is 5.36. The Labute approximate surface area is 124 Å². The van der Waals surface area contributed by atoms with Gasteiger partial charge in [0, 0.05) is 12.2 Å². The molecule has 1 fully saturated rings. The number of carbonyl (C=O) groups is 2. The minimum absolute atomic E-state index is 0.172. The van der Waals surface area contributed by atoms with E-state index in [9.17, 15) is 9.59 Å². The van der Waals surface area contributed by atoms with Crippen molar-refractivity contribution in [1.29, 1.82) is 0 Å². The highest BCUT2D eigenvalue weighted by Crippen LogP contribution is 2.17. The number of urea groups is 1. The van der Waals surface area contributed by atoms with Crippen LogP contribution in [0, 0.1) is 0 Å². The smallest absolute Gasteiger partial charge is 0.335 e. The SMILES string of the molecule is O=C(NCc1cc(C(=O)O)ccn1)NC1CCCCCC1. The minimum Gasteiger partial charge on any atom is -0.478 e. The van der Waals surface area contributed by atoms with Crippen LogP contribution in [0.1, 0.15) is 54.6 Å². The van der Waals surface area contributed by atoms with E-state index >= 15 is 0 Å². The average molecular weight is 291 g/mol. The van der Waals surface area contributed by atoms with E-state index in [1.165, 1.54) is 31.2 Å². The molecule has 1 heterocycles. The second kappa shape index (κ2) is 7.61. The van der Waals surface area contributed by atoms with Crippen molar-refractivity contribution in [2.45, 2.75) is 51.1 Å². The number of hydrogen-bond acceptors (Lipinski definition) is 3. The highest BCUT2D eigenvalue weighted by Gasteiger charge is 2.14. The van der Waals surface area contributed by atoms with E-state index in [0.717, 1.165) is 25.7 Å². The maximum atomic E-state index is 11.8. The lowest BCUT2D eigenvalue weighted by molar-refractivity contribution is 0.0696. The molecule has 1 aliphatic carbocycles. The number of nitrogens with one attached hydrogen (secondary N) is 2. The van der Waals surface area contributed by atoms with Crippen LogP contribution >= 0.6 is 0 Å². The summed E-state index contributed by atoms with van der Waals surface area (Å²) < 4.78 is 0. The summed E-state index contributed by atoms with van der Waals surface area (Å²) in [4.78, 5) is 26.8. The van der Waals surface area contributed by atoms with Crippen LogP contribution in [-0.4, -0.2) is 28.1 Å². The Morgan fingerprint density at radius 1 is 1.24 bits per heavy atom. The molecule has 0 unspecified atom stereocenters. The number of rotatable bonds is 4. The number of aromatic nitrogens is 1. The zero-order valence-corrected chi connectivity index (χ0v) is 12.0. The van der Waals surface area contributed by atoms with Gasteiger partial charge in [0.1, 0.15) is 0 Å². The normalized spacial score (nSPS) is 16.0. The van der Waals surface area contributed by atoms with Gasteiger partial charge in [-0.1, -0.05) is 25.7 Å². The summed E-state index contributed by atoms with van der Waals surface area (Å²) in [5.41, 5.74) is 0.705. The molecule has 1 saturated carbocycles. The standard InChI is InChI=1S/C15H21N3O3/c19-14(20)11-7-8-16-13(9-11)10-17-15(21)18-12-5-3-1-2-4-6-12/h7-9,12H,1-6,10H2,(H,19,20)(H2,17,18,21). The van der Waals surface area contributed by atoms with Gasteiger partial charge in [0.2, 0.25) is 0 Å². The predicted octanol–water partition coefficient (Wildman–Crippen LogP) is 2.30. The summed E-state index contributed by atoms with van der Waals surface area (Å²) in [6.07, 6.45) is 8.29. The van der Waals surface area contributed by atoms with Crippen molar-refractivity contribution in [2.24, 2.45) is 0 Å². The summed E-state index contributed by atoms with van der Waals surface area (Å²) in [6.45, 7) is 0.222. The van der Waals surface area contributed by atoms with Gasteiger partial charge in [0.25, 0.3) is 0 Å². The number of pyridine rings is 1. The number of nitrogens with zero attached hydrogens (tertiary/aromatic N) is 1. The molecule has 0 aliphatic heterocycles. The number of hydrogen-bond donors (Lipinski definition) is 3. The topological polar surface area (TPSA) is 91.3 Å². The van der Waals surface area contributed by atoms with Gasteiger partial charge in [-0.15, -0.1) is 0 Å². The van der Waals surface area contributed by atoms with Gasteiger partial charge < -0.3 is 15.7 Å². The van der Waals surface area contributed by atoms with E-state index < -0.39 is 5.97 Å². The molecule has 6 heteroatoms. The first-order valence-corrected chi connectivity index (χ1v) is 7.38. The van der Waals surface area contributed by atoms with Crippen LogP contribution in [0.2, 0.25) is 0 Å². The summed E-state index contributed by atoms with van der Waals surface area (Å²) in [6, 6.07) is 2.92. The Balaban J connectivity index is 1.80. The van der Waals surface area contributed by atoms with Crippen molar-refractivity contribution in [3.63, 3.8) is 0 Å². The Hall–Kier alpha value is -2.11. The first kappa shape index (κ1) is 15.3. The predicted molar refractivity (Wildman–Crippen MR) is 78.1 cm³/mol. The molecule has 21 heavy (non-hydrogen) atoms. The average Bonchev–Trinajstić information content (AvgIpc) is 2.74. The summed E-state index contributed by atoms with van der Waals surface area (Å²) in [5, 5.41) is 14.6. The number of amides is 2. The van der Waals surface area contributed by atoms with Gasteiger partial charge in [0.15, 0.2) is 0 Å². The minimum atomic E-state index is -0.999. The maximum Gasteiger partial charge on any atom is 0.335 e. The Morgan fingerprint density at radius 3 is 2.62 bits per heavy atom. The maximum absolute atomic E-state index is 11.8. The zero-order valence-electron chi connectivity index (χ0n) is 12.0. The van der Waals surface area contributed by atoms with Gasteiger partial charge in [-0.05, 0) is 25.0 Å². The van der Waals surface area contributed by atoms with Crippen LogP contribution in [0.3, 0.4) is 0 Å². The fraction of sp³-hybridized carbons (Fsp3) is 0.533. The lowest BCUT2D eigenvalue weighted by Crippen LogP contribution is -2.41. The van der Waals surface area contributed by atoms with Gasteiger partial charge >= 0.3 is 12.0 Å². The third kappa shape index (κ3) is 5.06. The van der Waals surface area contributed by atoms with Gasteiger partial charge in [-0.25, -0.2) is 9.59 Å². The molecule has 114 valence electrons. The largest absolute Gasteiger partial charge is 0.478 e. The van der Waals surface area contributed by atoms with Gasteiger partial charge in [0.05, 0.1) is 17.8 Å². The van der Waals surface area contributed by atoms with E-state index in [4.69, 9.17) is 5.11 Å². The fourth-order valence-corrected chi connectivity index (χ4v) is 2.54. The summed E-state index contributed by atoms with van der Waals surface area (Å²) >= 11 is 0. The number of carboxylic acid groups (broad SMARTS) is 1. The van der Waals surface area contributed by atoms with Crippen LogP contribution in [0.25, 0.3) is 0 Å². The van der Waals surface area contributed by atoms with Crippen molar-refractivity contribution in [3.8, 4) is 0 Å². The molecule has 0 atom stereocenters. The second-order valence-electron chi connectivity index (χ2n) is 5.36. The van der Waals surface area contributed by atoms with Gasteiger partial charge in [-0.2, -0.15) is 0 Å². The van der Waals surface area contributed by atoms with E-state index in [2.05, 4.69) is 15.6 Å². The number of carboxylic acids is 1. The quantitative estimate of drug-likeness (QED) is 0.742. The third-order valence-corrected chi connectivity index (χ3v) is 3.68. The molecule has 2 amide bonds. The lowest BCUT2D eigenvalue weighted by Gasteiger charge is -2.16. The van der Waals surface area contributed by atoms with Gasteiger partial charge in [-0.3, -0.25) is 4.98 Å². The molecule has 0 spiro atoms. The monoisotopic (exact) mass is 291 g/mol. The van der Waals surface area contributed by atoms with Crippen molar-refractivity contribution < 1.29 is 14.7 Å². The van der Waals surface area contributed by atoms with Crippen molar-refractivity contribution in [1.82, 2.24) is 15.6 Å². The van der Waals surface area contributed by atoms with Crippen LogP contribution in [0.15, 0.2) is 18.3 Å². The van der Waals surface area contributed by atoms with Crippen molar-refractivity contribution in [3.05, 3.63) is 29.6 Å². The molecule has 3 N–H and O–H groups in total.